The highest BCUT2D eigenvalue weighted by Gasteiger charge is 2.08. The molecular weight excluding hydrogens is 404 g/mol. The van der Waals surface area contributed by atoms with E-state index in [9.17, 15) is 0 Å². The summed E-state index contributed by atoms with van der Waals surface area (Å²) in [5.74, 6) is 2.62. The maximum Gasteiger partial charge on any atom is 0.176 e. The molecule has 0 bridgehead atoms. The first-order valence-corrected chi connectivity index (χ1v) is 9.88. The van der Waals surface area contributed by atoms with Crippen LogP contribution in [0, 0.1) is 0 Å². The van der Waals surface area contributed by atoms with E-state index in [-0.39, 0.29) is 0 Å². The Labute approximate surface area is 185 Å². The van der Waals surface area contributed by atoms with E-state index in [4.69, 9.17) is 9.47 Å². The lowest BCUT2D eigenvalue weighted by Crippen LogP contribution is -2.01. The van der Waals surface area contributed by atoms with E-state index in [2.05, 4.69) is 31.3 Å². The third-order valence-corrected chi connectivity index (χ3v) is 4.64. The SMILES string of the molecule is COc1cccc(/C=N/Nc2nnc(N/N=C/c3cccc(OC)c3)c3ccccc23)c1. The lowest BCUT2D eigenvalue weighted by atomic mass is 10.2. The van der Waals surface area contributed by atoms with Crippen LogP contribution in [0.2, 0.25) is 0 Å². The Morgan fingerprint density at radius 3 is 1.56 bits per heavy atom. The van der Waals surface area contributed by atoms with Crippen LogP contribution in [0.1, 0.15) is 11.1 Å². The molecule has 2 N–H and O–H groups in total. The van der Waals surface area contributed by atoms with Gasteiger partial charge in [0.1, 0.15) is 11.5 Å². The van der Waals surface area contributed by atoms with Gasteiger partial charge >= 0.3 is 0 Å². The van der Waals surface area contributed by atoms with Gasteiger partial charge in [0, 0.05) is 10.8 Å². The molecule has 1 aromatic heterocycles. The number of hydrogen-bond donors (Lipinski definition) is 2. The molecule has 160 valence electrons. The summed E-state index contributed by atoms with van der Waals surface area (Å²) in [6.07, 6.45) is 3.40. The summed E-state index contributed by atoms with van der Waals surface area (Å²) < 4.78 is 10.5. The van der Waals surface area contributed by atoms with Crippen molar-refractivity contribution in [2.75, 3.05) is 25.1 Å². The van der Waals surface area contributed by atoms with Gasteiger partial charge in [-0.1, -0.05) is 48.5 Å². The number of benzene rings is 3. The van der Waals surface area contributed by atoms with Gasteiger partial charge in [-0.25, -0.2) is 0 Å². The van der Waals surface area contributed by atoms with Crippen LogP contribution in [-0.2, 0) is 0 Å². The Morgan fingerprint density at radius 2 is 1.12 bits per heavy atom. The van der Waals surface area contributed by atoms with Crippen LogP contribution < -0.4 is 20.3 Å². The molecule has 0 radical (unpaired) electrons. The van der Waals surface area contributed by atoms with E-state index in [0.717, 1.165) is 33.4 Å². The highest BCUT2D eigenvalue weighted by molar-refractivity contribution is 5.98. The molecule has 0 spiro atoms. The van der Waals surface area contributed by atoms with Gasteiger partial charge < -0.3 is 9.47 Å². The molecule has 3 aromatic carbocycles. The molecule has 0 atom stereocenters. The minimum Gasteiger partial charge on any atom is -0.497 e. The topological polar surface area (TPSA) is 93.0 Å². The second-order valence-corrected chi connectivity index (χ2v) is 6.74. The first kappa shape index (κ1) is 20.8. The number of anilines is 2. The molecule has 4 rings (SSSR count). The van der Waals surface area contributed by atoms with Crippen molar-refractivity contribution in [3.8, 4) is 11.5 Å². The van der Waals surface area contributed by atoms with Gasteiger partial charge in [0.25, 0.3) is 0 Å². The second-order valence-electron chi connectivity index (χ2n) is 6.74. The van der Waals surface area contributed by atoms with Crippen molar-refractivity contribution in [2.45, 2.75) is 0 Å². The Morgan fingerprint density at radius 1 is 0.656 bits per heavy atom. The van der Waals surface area contributed by atoms with Crippen molar-refractivity contribution in [1.29, 1.82) is 0 Å². The summed E-state index contributed by atoms with van der Waals surface area (Å²) in [5.41, 5.74) is 7.74. The Kier molecular flexibility index (Phi) is 6.52. The van der Waals surface area contributed by atoms with Gasteiger partial charge in [-0.3, -0.25) is 10.9 Å². The average Bonchev–Trinajstić information content (AvgIpc) is 2.85. The van der Waals surface area contributed by atoms with Gasteiger partial charge in [-0.15, -0.1) is 10.2 Å². The van der Waals surface area contributed by atoms with Gasteiger partial charge in [0.15, 0.2) is 11.6 Å². The molecule has 8 nitrogen and oxygen atoms in total. The number of aromatic nitrogens is 2. The molecule has 0 saturated carbocycles. The number of nitrogens with zero attached hydrogens (tertiary/aromatic N) is 4. The van der Waals surface area contributed by atoms with E-state index in [1.54, 1.807) is 26.6 Å². The molecule has 0 aliphatic carbocycles. The molecular formula is C24H22N6O2. The molecule has 8 heteroatoms. The number of hydrazone groups is 2. The van der Waals surface area contributed by atoms with Crippen LogP contribution in [0.25, 0.3) is 10.8 Å². The summed E-state index contributed by atoms with van der Waals surface area (Å²) in [4.78, 5) is 0. The second kappa shape index (κ2) is 10.0. The predicted molar refractivity (Wildman–Crippen MR) is 128 cm³/mol. The van der Waals surface area contributed by atoms with E-state index < -0.39 is 0 Å². The minimum atomic E-state index is 0.544. The molecule has 0 saturated heterocycles. The molecule has 4 aromatic rings. The van der Waals surface area contributed by atoms with Crippen LogP contribution in [0.4, 0.5) is 11.6 Å². The van der Waals surface area contributed by atoms with E-state index in [1.165, 1.54) is 0 Å². The maximum absolute atomic E-state index is 5.23. The van der Waals surface area contributed by atoms with E-state index in [1.807, 2.05) is 72.8 Å². The fourth-order valence-electron chi connectivity index (χ4n) is 3.05. The standard InChI is InChI=1S/C24H22N6O2/c1-31-19-9-5-7-17(13-19)15-25-27-23-21-11-3-4-12-22(21)24(30-29-23)28-26-16-18-8-6-10-20(14-18)32-2/h3-16H,1-2H3,(H,27,29)(H,28,30)/b25-15+,26-16+. The number of ether oxygens (including phenoxy) is 2. The fourth-order valence-corrected chi connectivity index (χ4v) is 3.05. The molecule has 1 heterocycles. The summed E-state index contributed by atoms with van der Waals surface area (Å²) in [7, 11) is 3.26. The highest BCUT2D eigenvalue weighted by atomic mass is 16.5. The third-order valence-electron chi connectivity index (χ3n) is 4.64. The number of nitrogens with one attached hydrogen (secondary N) is 2. The number of hydrogen-bond acceptors (Lipinski definition) is 8. The predicted octanol–water partition coefficient (Wildman–Crippen LogP) is 4.54. The van der Waals surface area contributed by atoms with E-state index >= 15 is 0 Å². The number of rotatable bonds is 8. The zero-order chi connectivity index (χ0) is 22.2. The number of fused-ring (bicyclic) bond motifs is 1. The van der Waals surface area contributed by atoms with Crippen LogP contribution in [-0.4, -0.2) is 36.8 Å². The monoisotopic (exact) mass is 426 g/mol. The largest absolute Gasteiger partial charge is 0.497 e. The van der Waals surface area contributed by atoms with Gasteiger partial charge in [-0.05, 0) is 35.4 Å². The summed E-state index contributed by atoms with van der Waals surface area (Å²) in [5, 5.41) is 18.8. The van der Waals surface area contributed by atoms with Crippen molar-refractivity contribution in [3.05, 3.63) is 83.9 Å². The van der Waals surface area contributed by atoms with Crippen molar-refractivity contribution in [2.24, 2.45) is 10.2 Å². The van der Waals surface area contributed by atoms with Crippen molar-refractivity contribution >= 4 is 34.8 Å². The van der Waals surface area contributed by atoms with E-state index in [0.29, 0.717) is 11.6 Å². The lowest BCUT2D eigenvalue weighted by Gasteiger charge is -2.08. The molecule has 0 aliphatic rings. The smallest absolute Gasteiger partial charge is 0.176 e. The van der Waals surface area contributed by atoms with Crippen molar-refractivity contribution in [3.63, 3.8) is 0 Å². The van der Waals surface area contributed by atoms with Gasteiger partial charge in [0.05, 0.1) is 26.6 Å². The van der Waals surface area contributed by atoms with Crippen LogP contribution in [0.3, 0.4) is 0 Å². The molecule has 32 heavy (non-hydrogen) atoms. The Bertz CT molecular complexity index is 1170. The zero-order valence-electron chi connectivity index (χ0n) is 17.7. The normalized spacial score (nSPS) is 11.2. The van der Waals surface area contributed by atoms with Crippen LogP contribution in [0.5, 0.6) is 11.5 Å². The van der Waals surface area contributed by atoms with Gasteiger partial charge in [-0.2, -0.15) is 10.2 Å². The average molecular weight is 426 g/mol. The lowest BCUT2D eigenvalue weighted by molar-refractivity contribution is 0.414. The Balaban J connectivity index is 1.52. The first-order valence-electron chi connectivity index (χ1n) is 9.88. The minimum absolute atomic E-state index is 0.544. The summed E-state index contributed by atoms with van der Waals surface area (Å²) in [6.45, 7) is 0. The molecule has 0 fully saturated rings. The number of methoxy groups -OCH3 is 2. The third kappa shape index (κ3) is 4.99. The first-order chi connectivity index (χ1) is 15.8. The molecule has 0 amide bonds. The van der Waals surface area contributed by atoms with Gasteiger partial charge in [0.2, 0.25) is 0 Å². The summed E-state index contributed by atoms with van der Waals surface area (Å²) >= 11 is 0. The van der Waals surface area contributed by atoms with Crippen molar-refractivity contribution < 1.29 is 9.47 Å². The maximum atomic E-state index is 5.23. The quantitative estimate of drug-likeness (QED) is 0.317. The zero-order valence-corrected chi connectivity index (χ0v) is 17.7. The highest BCUT2D eigenvalue weighted by Crippen LogP contribution is 2.26. The van der Waals surface area contributed by atoms with Crippen LogP contribution >= 0.6 is 0 Å². The molecule has 0 aliphatic heterocycles. The molecule has 0 unspecified atom stereocenters. The fraction of sp³-hybridized carbons (Fsp3) is 0.0833. The summed E-state index contributed by atoms with van der Waals surface area (Å²) in [6, 6.07) is 23.0. The van der Waals surface area contributed by atoms with Crippen molar-refractivity contribution in [1.82, 2.24) is 10.2 Å². The Hall–Kier alpha value is -4.46. The van der Waals surface area contributed by atoms with Crippen LogP contribution in [0.15, 0.2) is 83.0 Å².